The maximum Gasteiger partial charge on any atom is 0.170 e. The molecule has 0 aliphatic heterocycles. The quantitative estimate of drug-likeness (QED) is 0.896. The second kappa shape index (κ2) is 5.84. The van der Waals surface area contributed by atoms with E-state index in [2.05, 4.69) is 15.5 Å². The Morgan fingerprint density at radius 1 is 1.44 bits per heavy atom. The Morgan fingerprint density at radius 3 is 2.89 bits per heavy atom. The summed E-state index contributed by atoms with van der Waals surface area (Å²) in [6.07, 6.45) is 1.64. The largest absolute Gasteiger partial charge is 0.484 e. The molecule has 6 heteroatoms. The van der Waals surface area contributed by atoms with Gasteiger partial charge in [-0.05, 0) is 24.7 Å². The van der Waals surface area contributed by atoms with Crippen LogP contribution in [0.5, 0.6) is 5.75 Å². The molecule has 0 amide bonds. The summed E-state index contributed by atoms with van der Waals surface area (Å²) in [7, 11) is 3.77. The molecule has 0 fully saturated rings. The highest BCUT2D eigenvalue weighted by Gasteiger charge is 2.06. The van der Waals surface area contributed by atoms with Gasteiger partial charge in [-0.15, -0.1) is 10.2 Å². The minimum absolute atomic E-state index is 0.349. The van der Waals surface area contributed by atoms with Gasteiger partial charge < -0.3 is 14.6 Å². The van der Waals surface area contributed by atoms with Crippen LogP contribution in [0.25, 0.3) is 0 Å². The number of nitrogens with zero attached hydrogens (tertiary/aromatic N) is 3. The molecule has 18 heavy (non-hydrogen) atoms. The van der Waals surface area contributed by atoms with Gasteiger partial charge in [-0.2, -0.15) is 0 Å². The van der Waals surface area contributed by atoms with E-state index in [9.17, 15) is 0 Å². The molecule has 0 unspecified atom stereocenters. The van der Waals surface area contributed by atoms with E-state index < -0.39 is 0 Å². The van der Waals surface area contributed by atoms with E-state index in [-0.39, 0.29) is 0 Å². The number of aryl methyl sites for hydroxylation is 1. The maximum atomic E-state index is 6.15. The topological polar surface area (TPSA) is 52.0 Å². The van der Waals surface area contributed by atoms with Gasteiger partial charge in [0.2, 0.25) is 0 Å². The molecule has 96 valence electrons. The Kier molecular flexibility index (Phi) is 4.17. The van der Waals surface area contributed by atoms with Crippen LogP contribution in [0.3, 0.4) is 0 Å². The van der Waals surface area contributed by atoms with Crippen molar-refractivity contribution in [3.05, 3.63) is 40.9 Å². The average molecular weight is 267 g/mol. The number of ether oxygens (including phenoxy) is 1. The predicted octanol–water partition coefficient (Wildman–Crippen LogP) is 1.77. The number of rotatable bonds is 5. The summed E-state index contributed by atoms with van der Waals surface area (Å²) in [5, 5.41) is 11.4. The highest BCUT2D eigenvalue weighted by Crippen LogP contribution is 2.26. The lowest BCUT2D eigenvalue weighted by Gasteiger charge is -2.09. The fourth-order valence-corrected chi connectivity index (χ4v) is 1.81. The summed E-state index contributed by atoms with van der Waals surface area (Å²) in [6.45, 7) is 1.13. The van der Waals surface area contributed by atoms with Crippen molar-refractivity contribution in [2.75, 3.05) is 7.05 Å². The lowest BCUT2D eigenvalue weighted by atomic mass is 10.2. The summed E-state index contributed by atoms with van der Waals surface area (Å²) in [5.41, 5.74) is 1.12. The zero-order chi connectivity index (χ0) is 13.0. The lowest BCUT2D eigenvalue weighted by Crippen LogP contribution is -2.06. The molecule has 0 aliphatic rings. The van der Waals surface area contributed by atoms with Crippen molar-refractivity contribution in [2.45, 2.75) is 13.2 Å². The minimum Gasteiger partial charge on any atom is -0.484 e. The molecule has 5 nitrogen and oxygen atoms in total. The van der Waals surface area contributed by atoms with Crippen molar-refractivity contribution in [3.8, 4) is 5.75 Å². The van der Waals surface area contributed by atoms with Crippen molar-refractivity contribution < 1.29 is 4.74 Å². The Balaban J connectivity index is 2.03. The zero-order valence-corrected chi connectivity index (χ0v) is 11.1. The van der Waals surface area contributed by atoms with Crippen molar-refractivity contribution in [1.29, 1.82) is 0 Å². The van der Waals surface area contributed by atoms with Crippen LogP contribution in [0, 0.1) is 0 Å². The Morgan fingerprint density at radius 2 is 2.28 bits per heavy atom. The molecule has 1 aromatic heterocycles. The molecule has 0 bridgehead atoms. The van der Waals surface area contributed by atoms with Gasteiger partial charge in [-0.1, -0.05) is 17.7 Å². The third-order valence-corrected chi connectivity index (χ3v) is 2.83. The van der Waals surface area contributed by atoms with E-state index in [0.717, 1.165) is 17.9 Å². The zero-order valence-electron chi connectivity index (χ0n) is 10.4. The van der Waals surface area contributed by atoms with E-state index in [1.807, 2.05) is 36.9 Å². The van der Waals surface area contributed by atoms with Crippen LogP contribution in [0.1, 0.15) is 11.4 Å². The molecule has 0 atom stereocenters. The van der Waals surface area contributed by atoms with E-state index in [1.54, 1.807) is 6.33 Å². The fraction of sp³-hybridized carbons (Fsp3) is 0.333. The number of hydrogen-bond donors (Lipinski definition) is 1. The second-order valence-corrected chi connectivity index (χ2v) is 4.35. The first-order valence-electron chi connectivity index (χ1n) is 5.59. The highest BCUT2D eigenvalue weighted by molar-refractivity contribution is 6.32. The third kappa shape index (κ3) is 3.00. The van der Waals surface area contributed by atoms with Crippen molar-refractivity contribution in [1.82, 2.24) is 20.1 Å². The Bertz CT molecular complexity index is 527. The smallest absolute Gasteiger partial charge is 0.170 e. The Labute approximate surface area is 111 Å². The van der Waals surface area contributed by atoms with Crippen LogP contribution in [-0.4, -0.2) is 21.8 Å². The van der Waals surface area contributed by atoms with E-state index in [4.69, 9.17) is 16.3 Å². The number of hydrogen-bond acceptors (Lipinski definition) is 4. The van der Waals surface area contributed by atoms with E-state index in [0.29, 0.717) is 17.4 Å². The maximum absolute atomic E-state index is 6.15. The van der Waals surface area contributed by atoms with Crippen LogP contribution < -0.4 is 10.1 Å². The summed E-state index contributed by atoms with van der Waals surface area (Å²) in [4.78, 5) is 0. The van der Waals surface area contributed by atoms with Gasteiger partial charge in [-0.3, -0.25) is 0 Å². The van der Waals surface area contributed by atoms with Crippen molar-refractivity contribution >= 4 is 11.6 Å². The van der Waals surface area contributed by atoms with Gasteiger partial charge in [-0.25, -0.2) is 0 Å². The van der Waals surface area contributed by atoms with Crippen LogP contribution in [0.2, 0.25) is 5.02 Å². The molecule has 1 N–H and O–H groups in total. The van der Waals surface area contributed by atoms with Crippen LogP contribution >= 0.6 is 11.6 Å². The average Bonchev–Trinajstić information content (AvgIpc) is 2.74. The molecule has 2 aromatic rings. The highest BCUT2D eigenvalue weighted by atomic mass is 35.5. The third-order valence-electron chi connectivity index (χ3n) is 2.54. The number of benzene rings is 1. The van der Waals surface area contributed by atoms with E-state index in [1.165, 1.54) is 0 Å². The summed E-state index contributed by atoms with van der Waals surface area (Å²) in [5.74, 6) is 1.41. The first-order chi connectivity index (χ1) is 8.70. The van der Waals surface area contributed by atoms with Crippen molar-refractivity contribution in [3.63, 3.8) is 0 Å². The molecule has 0 radical (unpaired) electrons. The van der Waals surface area contributed by atoms with Gasteiger partial charge in [0.15, 0.2) is 5.82 Å². The van der Waals surface area contributed by atoms with Crippen LogP contribution in [0.15, 0.2) is 24.5 Å². The molecule has 0 saturated carbocycles. The first kappa shape index (κ1) is 12.9. The van der Waals surface area contributed by atoms with Gasteiger partial charge >= 0.3 is 0 Å². The minimum atomic E-state index is 0.349. The molecule has 0 spiro atoms. The molecule has 0 aliphatic carbocycles. The number of halogens is 1. The van der Waals surface area contributed by atoms with Crippen LogP contribution in [-0.2, 0) is 20.2 Å². The fourth-order valence-electron chi connectivity index (χ4n) is 1.56. The lowest BCUT2D eigenvalue weighted by molar-refractivity contribution is 0.291. The molecule has 1 aromatic carbocycles. The second-order valence-electron chi connectivity index (χ2n) is 3.94. The van der Waals surface area contributed by atoms with Crippen LogP contribution in [0.4, 0.5) is 0 Å². The monoisotopic (exact) mass is 266 g/mol. The Hall–Kier alpha value is -1.59. The predicted molar refractivity (Wildman–Crippen MR) is 69.6 cm³/mol. The van der Waals surface area contributed by atoms with E-state index >= 15 is 0 Å². The van der Waals surface area contributed by atoms with Crippen molar-refractivity contribution in [2.24, 2.45) is 7.05 Å². The first-order valence-corrected chi connectivity index (χ1v) is 5.97. The van der Waals surface area contributed by atoms with Gasteiger partial charge in [0, 0.05) is 13.6 Å². The molecule has 2 rings (SSSR count). The van der Waals surface area contributed by atoms with Gasteiger partial charge in [0.1, 0.15) is 18.7 Å². The van der Waals surface area contributed by atoms with Gasteiger partial charge in [0.05, 0.1) is 5.02 Å². The SMILES string of the molecule is CNCc1ccc(OCc2nncn2C)c(Cl)c1. The summed E-state index contributed by atoms with van der Waals surface area (Å²) >= 11 is 6.15. The number of nitrogens with one attached hydrogen (secondary N) is 1. The summed E-state index contributed by atoms with van der Waals surface area (Å²) < 4.78 is 7.43. The molecule has 1 heterocycles. The molecular weight excluding hydrogens is 252 g/mol. The molecular formula is C12H15ClN4O. The van der Waals surface area contributed by atoms with Gasteiger partial charge in [0.25, 0.3) is 0 Å². The standard InChI is InChI=1S/C12H15ClN4O/c1-14-6-9-3-4-11(10(13)5-9)18-7-12-16-15-8-17(12)2/h3-5,8,14H,6-7H2,1-2H3. The molecule has 0 saturated heterocycles. The number of aromatic nitrogens is 3. The normalized spacial score (nSPS) is 10.6. The summed E-state index contributed by atoms with van der Waals surface area (Å²) in [6, 6.07) is 5.74.